The summed E-state index contributed by atoms with van der Waals surface area (Å²) in [5.74, 6) is -1.33. The SMILES string of the molecule is COC(=O)[C@@H]1O[C@@H](Sc2ccccc2)[C@H](OC(=O)c2ccccc2)[C@@H](OCc2ccccc2)[C@@H]1O. The van der Waals surface area contributed by atoms with Gasteiger partial charge in [-0.2, -0.15) is 0 Å². The number of aliphatic hydroxyl groups is 1. The molecular formula is C27H26O7S. The molecular weight excluding hydrogens is 468 g/mol. The highest BCUT2D eigenvalue weighted by atomic mass is 32.2. The van der Waals surface area contributed by atoms with E-state index in [-0.39, 0.29) is 6.61 Å². The zero-order valence-electron chi connectivity index (χ0n) is 19.1. The zero-order chi connectivity index (χ0) is 24.6. The summed E-state index contributed by atoms with van der Waals surface area (Å²) < 4.78 is 22.8. The summed E-state index contributed by atoms with van der Waals surface area (Å²) in [6, 6.07) is 27.3. The molecule has 35 heavy (non-hydrogen) atoms. The van der Waals surface area contributed by atoms with Gasteiger partial charge in [-0.05, 0) is 29.8 Å². The minimum absolute atomic E-state index is 0.137. The highest BCUT2D eigenvalue weighted by Gasteiger charge is 2.51. The van der Waals surface area contributed by atoms with Gasteiger partial charge in [-0.25, -0.2) is 9.59 Å². The average molecular weight is 495 g/mol. The van der Waals surface area contributed by atoms with Gasteiger partial charge in [0.25, 0.3) is 0 Å². The minimum Gasteiger partial charge on any atom is -0.467 e. The number of carbonyl (C=O) groups excluding carboxylic acids is 2. The van der Waals surface area contributed by atoms with Crippen LogP contribution in [0, 0.1) is 0 Å². The van der Waals surface area contributed by atoms with Crippen molar-refractivity contribution in [2.24, 2.45) is 0 Å². The molecule has 0 unspecified atom stereocenters. The number of benzene rings is 3. The topological polar surface area (TPSA) is 91.3 Å². The molecule has 1 aliphatic heterocycles. The monoisotopic (exact) mass is 494 g/mol. The van der Waals surface area contributed by atoms with E-state index in [0.29, 0.717) is 5.56 Å². The lowest BCUT2D eigenvalue weighted by atomic mass is 9.99. The lowest BCUT2D eigenvalue weighted by molar-refractivity contribution is -0.224. The van der Waals surface area contributed by atoms with E-state index >= 15 is 0 Å². The van der Waals surface area contributed by atoms with Gasteiger partial charge >= 0.3 is 11.9 Å². The zero-order valence-corrected chi connectivity index (χ0v) is 19.9. The van der Waals surface area contributed by atoms with E-state index in [1.54, 1.807) is 30.3 Å². The van der Waals surface area contributed by atoms with E-state index in [0.717, 1.165) is 10.5 Å². The second-order valence-corrected chi connectivity index (χ2v) is 9.04. The summed E-state index contributed by atoms with van der Waals surface area (Å²) >= 11 is 1.27. The number of methoxy groups -OCH3 is 1. The van der Waals surface area contributed by atoms with Crippen LogP contribution in [0.15, 0.2) is 95.9 Å². The molecule has 4 rings (SSSR count). The number of thioether (sulfide) groups is 1. The molecule has 1 saturated heterocycles. The van der Waals surface area contributed by atoms with Gasteiger partial charge in [-0.15, -0.1) is 0 Å². The molecule has 0 saturated carbocycles. The van der Waals surface area contributed by atoms with Crippen molar-refractivity contribution in [1.82, 2.24) is 0 Å². The number of ether oxygens (including phenoxy) is 4. The summed E-state index contributed by atoms with van der Waals surface area (Å²) in [5, 5.41) is 11.1. The van der Waals surface area contributed by atoms with Crippen LogP contribution < -0.4 is 0 Å². The van der Waals surface area contributed by atoms with Crippen molar-refractivity contribution >= 4 is 23.7 Å². The van der Waals surface area contributed by atoms with Crippen molar-refractivity contribution in [1.29, 1.82) is 0 Å². The highest BCUT2D eigenvalue weighted by Crippen LogP contribution is 2.37. The molecule has 1 aliphatic rings. The van der Waals surface area contributed by atoms with Crippen LogP contribution in [0.3, 0.4) is 0 Å². The highest BCUT2D eigenvalue weighted by molar-refractivity contribution is 7.99. The van der Waals surface area contributed by atoms with Crippen molar-refractivity contribution in [3.63, 3.8) is 0 Å². The molecule has 8 heteroatoms. The summed E-state index contributed by atoms with van der Waals surface area (Å²) in [4.78, 5) is 26.3. The first-order valence-electron chi connectivity index (χ1n) is 11.1. The second-order valence-electron chi connectivity index (χ2n) is 7.87. The maximum absolute atomic E-state index is 13.0. The number of hydrogen-bond donors (Lipinski definition) is 1. The number of carbonyl (C=O) groups is 2. The van der Waals surface area contributed by atoms with Crippen LogP contribution in [0.25, 0.3) is 0 Å². The van der Waals surface area contributed by atoms with E-state index in [4.69, 9.17) is 18.9 Å². The number of aliphatic hydroxyl groups excluding tert-OH is 1. The third-order valence-corrected chi connectivity index (χ3v) is 6.64. The van der Waals surface area contributed by atoms with Crippen LogP contribution >= 0.6 is 11.8 Å². The Bertz CT molecular complexity index is 1090. The number of rotatable bonds is 8. The molecule has 1 N–H and O–H groups in total. The van der Waals surface area contributed by atoms with E-state index in [1.807, 2.05) is 60.7 Å². The van der Waals surface area contributed by atoms with E-state index in [2.05, 4.69) is 0 Å². The van der Waals surface area contributed by atoms with Crippen molar-refractivity contribution in [3.8, 4) is 0 Å². The first-order valence-corrected chi connectivity index (χ1v) is 12.0. The Morgan fingerprint density at radius 3 is 2.11 bits per heavy atom. The molecule has 182 valence electrons. The maximum Gasteiger partial charge on any atom is 0.338 e. The van der Waals surface area contributed by atoms with Gasteiger partial charge in [-0.3, -0.25) is 0 Å². The number of hydrogen-bond acceptors (Lipinski definition) is 8. The van der Waals surface area contributed by atoms with Gasteiger partial charge < -0.3 is 24.1 Å². The third kappa shape index (κ3) is 6.29. The Balaban J connectivity index is 1.65. The van der Waals surface area contributed by atoms with Gasteiger partial charge in [0.05, 0.1) is 19.3 Å². The van der Waals surface area contributed by atoms with Crippen LogP contribution in [0.5, 0.6) is 0 Å². The lowest BCUT2D eigenvalue weighted by Gasteiger charge is -2.42. The third-order valence-electron chi connectivity index (χ3n) is 5.49. The van der Waals surface area contributed by atoms with Crippen LogP contribution in [0.4, 0.5) is 0 Å². The van der Waals surface area contributed by atoms with Crippen LogP contribution in [-0.2, 0) is 30.3 Å². The minimum atomic E-state index is -1.42. The van der Waals surface area contributed by atoms with Crippen LogP contribution in [-0.4, -0.2) is 54.0 Å². The van der Waals surface area contributed by atoms with Gasteiger partial charge in [0.15, 0.2) is 12.2 Å². The smallest absolute Gasteiger partial charge is 0.338 e. The Hall–Kier alpha value is -3.17. The Morgan fingerprint density at radius 1 is 0.886 bits per heavy atom. The van der Waals surface area contributed by atoms with Crippen LogP contribution in [0.2, 0.25) is 0 Å². The molecule has 0 aromatic heterocycles. The predicted molar refractivity (Wildman–Crippen MR) is 130 cm³/mol. The molecule has 1 heterocycles. The van der Waals surface area contributed by atoms with Gasteiger partial charge in [0.1, 0.15) is 17.6 Å². The van der Waals surface area contributed by atoms with E-state index in [9.17, 15) is 14.7 Å². The summed E-state index contributed by atoms with van der Waals surface area (Å²) in [5.41, 5.74) is 0.363. The molecule has 3 aromatic rings. The van der Waals surface area contributed by atoms with Gasteiger partial charge in [0.2, 0.25) is 0 Å². The largest absolute Gasteiger partial charge is 0.467 e. The molecule has 0 spiro atoms. The molecule has 0 radical (unpaired) electrons. The summed E-state index contributed by atoms with van der Waals surface area (Å²) in [7, 11) is 1.22. The van der Waals surface area contributed by atoms with Gasteiger partial charge in [0, 0.05) is 4.90 Å². The van der Waals surface area contributed by atoms with E-state index in [1.165, 1.54) is 18.9 Å². The molecule has 3 aromatic carbocycles. The second kappa shape index (κ2) is 12.0. The van der Waals surface area contributed by atoms with E-state index < -0.39 is 41.8 Å². The quantitative estimate of drug-likeness (QED) is 0.473. The van der Waals surface area contributed by atoms with Crippen molar-refractivity contribution < 1.29 is 33.6 Å². The van der Waals surface area contributed by atoms with Crippen molar-refractivity contribution in [2.75, 3.05) is 7.11 Å². The van der Waals surface area contributed by atoms with Crippen molar-refractivity contribution in [2.45, 2.75) is 41.4 Å². The lowest BCUT2D eigenvalue weighted by Crippen LogP contribution is -2.61. The first kappa shape index (κ1) is 24.9. The Morgan fingerprint density at radius 2 is 1.49 bits per heavy atom. The molecule has 7 nitrogen and oxygen atoms in total. The molecule has 0 amide bonds. The Kier molecular flexibility index (Phi) is 8.54. The molecule has 5 atom stereocenters. The number of esters is 2. The van der Waals surface area contributed by atoms with Crippen LogP contribution in [0.1, 0.15) is 15.9 Å². The predicted octanol–water partition coefficient (Wildman–Crippen LogP) is 3.85. The fraction of sp³-hybridized carbons (Fsp3) is 0.259. The maximum atomic E-state index is 13.0. The molecule has 1 fully saturated rings. The van der Waals surface area contributed by atoms with Crippen molar-refractivity contribution in [3.05, 3.63) is 102 Å². The fourth-order valence-corrected chi connectivity index (χ4v) is 4.81. The molecule has 0 bridgehead atoms. The summed E-state index contributed by atoms with van der Waals surface area (Å²) in [6.07, 6.45) is -4.81. The summed E-state index contributed by atoms with van der Waals surface area (Å²) in [6.45, 7) is 0.137. The van der Waals surface area contributed by atoms with Gasteiger partial charge in [-0.1, -0.05) is 78.5 Å². The fourth-order valence-electron chi connectivity index (χ4n) is 3.71. The first-order chi connectivity index (χ1) is 17.1. The normalized spacial score (nSPS) is 23.9. The Labute approximate surface area is 208 Å². The molecule has 0 aliphatic carbocycles. The standard InChI is InChI=1S/C27H26O7S/c1-31-26(30)23-21(28)22(32-17-18-11-5-2-6-12-18)24(33-25(29)19-13-7-3-8-14-19)27(34-23)35-20-15-9-4-10-16-20/h2-16,21-24,27-28H,17H2,1H3/t21-,22-,23+,24+,27-/m0/s1. The average Bonchev–Trinajstić information content (AvgIpc) is 2.91.